The molecular formula is C21H29N5O. The highest BCUT2D eigenvalue weighted by Crippen LogP contribution is 2.22. The molecule has 1 aromatic carbocycles. The summed E-state index contributed by atoms with van der Waals surface area (Å²) in [7, 11) is 0. The number of benzene rings is 1. The van der Waals surface area contributed by atoms with Gasteiger partial charge in [0, 0.05) is 35.6 Å². The van der Waals surface area contributed by atoms with E-state index in [1.54, 1.807) is 0 Å². The van der Waals surface area contributed by atoms with Crippen molar-refractivity contribution in [3.05, 3.63) is 36.0 Å². The normalized spacial score (nSPS) is 14.6. The highest BCUT2D eigenvalue weighted by Gasteiger charge is 2.14. The van der Waals surface area contributed by atoms with Gasteiger partial charge in [-0.05, 0) is 50.5 Å². The summed E-state index contributed by atoms with van der Waals surface area (Å²) in [4.78, 5) is 20.8. The van der Waals surface area contributed by atoms with Crippen molar-refractivity contribution in [2.45, 2.75) is 64.8 Å². The lowest BCUT2D eigenvalue weighted by atomic mass is 9.96. The van der Waals surface area contributed by atoms with Gasteiger partial charge in [0.05, 0.1) is 0 Å². The van der Waals surface area contributed by atoms with Gasteiger partial charge in [-0.2, -0.15) is 4.98 Å². The summed E-state index contributed by atoms with van der Waals surface area (Å²) in [6.07, 6.45) is 7.63. The summed E-state index contributed by atoms with van der Waals surface area (Å²) in [5, 5.41) is 9.70. The van der Waals surface area contributed by atoms with Crippen LogP contribution < -0.4 is 16.0 Å². The average Bonchev–Trinajstić information content (AvgIpc) is 2.64. The number of aryl methyl sites for hydroxylation is 1. The van der Waals surface area contributed by atoms with Gasteiger partial charge in [0.1, 0.15) is 5.82 Å². The molecule has 0 aliphatic heterocycles. The zero-order valence-corrected chi connectivity index (χ0v) is 16.2. The number of nitrogens with one attached hydrogen (secondary N) is 3. The first kappa shape index (κ1) is 19.1. The number of hydrogen-bond donors (Lipinski definition) is 3. The third-order valence-corrected chi connectivity index (χ3v) is 4.71. The molecule has 0 saturated heterocycles. The van der Waals surface area contributed by atoms with Crippen LogP contribution in [0.25, 0.3) is 0 Å². The van der Waals surface area contributed by atoms with Crippen LogP contribution in [0.3, 0.4) is 0 Å². The Labute approximate surface area is 161 Å². The molecule has 144 valence electrons. The minimum Gasteiger partial charge on any atom is -0.351 e. The Hall–Kier alpha value is -2.63. The minimum atomic E-state index is 0.0445. The van der Waals surface area contributed by atoms with E-state index in [1.165, 1.54) is 32.1 Å². The van der Waals surface area contributed by atoms with E-state index in [4.69, 9.17) is 0 Å². The third-order valence-electron chi connectivity index (χ3n) is 4.71. The number of carbonyl (C=O) groups excluding carboxylic acids is 1. The zero-order chi connectivity index (χ0) is 19.1. The lowest BCUT2D eigenvalue weighted by Gasteiger charge is -2.23. The Morgan fingerprint density at radius 2 is 1.78 bits per heavy atom. The smallest absolute Gasteiger partial charge is 0.225 e. The molecule has 1 aromatic heterocycles. The van der Waals surface area contributed by atoms with Crippen LogP contribution in [-0.2, 0) is 4.79 Å². The number of amides is 1. The van der Waals surface area contributed by atoms with Crippen LogP contribution in [-0.4, -0.2) is 21.9 Å². The quantitative estimate of drug-likeness (QED) is 0.641. The number of rotatable bonds is 7. The number of carbonyl (C=O) groups is 1. The lowest BCUT2D eigenvalue weighted by Crippen LogP contribution is -2.23. The molecule has 6 heteroatoms. The maximum Gasteiger partial charge on any atom is 0.225 e. The topological polar surface area (TPSA) is 78.9 Å². The standard InChI is InChI=1S/C21H29N5O/c1-3-7-20(27)24-18-12-10-17(11-13-18)23-19-14-15(2)22-21(26-19)25-16-8-5-4-6-9-16/h10-14,16H,3-9H2,1-2H3,(H,24,27)(H2,22,23,25,26). The Balaban J connectivity index is 1.63. The number of nitrogens with zero attached hydrogens (tertiary/aromatic N) is 2. The van der Waals surface area contributed by atoms with E-state index in [9.17, 15) is 4.79 Å². The molecule has 0 spiro atoms. The summed E-state index contributed by atoms with van der Waals surface area (Å²) in [5.41, 5.74) is 2.65. The fourth-order valence-corrected chi connectivity index (χ4v) is 3.36. The van der Waals surface area contributed by atoms with Gasteiger partial charge in [0.2, 0.25) is 11.9 Å². The number of anilines is 4. The first-order valence-corrected chi connectivity index (χ1v) is 9.91. The Morgan fingerprint density at radius 3 is 2.48 bits per heavy atom. The van der Waals surface area contributed by atoms with Crippen molar-refractivity contribution in [2.75, 3.05) is 16.0 Å². The molecule has 1 aliphatic rings. The first-order valence-electron chi connectivity index (χ1n) is 9.91. The van der Waals surface area contributed by atoms with Crippen molar-refractivity contribution in [2.24, 2.45) is 0 Å². The Bertz CT molecular complexity index is 754. The molecule has 3 N–H and O–H groups in total. The van der Waals surface area contributed by atoms with E-state index in [0.717, 1.165) is 29.3 Å². The van der Waals surface area contributed by atoms with E-state index >= 15 is 0 Å². The third kappa shape index (κ3) is 5.94. The molecule has 0 unspecified atom stereocenters. The molecule has 0 radical (unpaired) electrons. The average molecular weight is 367 g/mol. The zero-order valence-electron chi connectivity index (χ0n) is 16.2. The fourth-order valence-electron chi connectivity index (χ4n) is 3.36. The predicted molar refractivity (Wildman–Crippen MR) is 111 cm³/mol. The van der Waals surface area contributed by atoms with Crippen LogP contribution in [0.4, 0.5) is 23.1 Å². The highest BCUT2D eigenvalue weighted by atomic mass is 16.1. The van der Waals surface area contributed by atoms with Crippen LogP contribution in [0, 0.1) is 6.92 Å². The maximum absolute atomic E-state index is 11.7. The predicted octanol–water partition coefficient (Wildman–Crippen LogP) is 5.01. The molecule has 1 saturated carbocycles. The molecule has 0 atom stereocenters. The number of aromatic nitrogens is 2. The second-order valence-electron chi connectivity index (χ2n) is 7.20. The maximum atomic E-state index is 11.7. The van der Waals surface area contributed by atoms with E-state index in [-0.39, 0.29) is 5.91 Å². The molecule has 2 aromatic rings. The highest BCUT2D eigenvalue weighted by molar-refractivity contribution is 5.90. The second-order valence-corrected chi connectivity index (χ2v) is 7.20. The van der Waals surface area contributed by atoms with E-state index in [2.05, 4.69) is 25.9 Å². The van der Waals surface area contributed by atoms with Crippen LogP contribution in [0.15, 0.2) is 30.3 Å². The SMILES string of the molecule is CCCC(=O)Nc1ccc(Nc2cc(C)nc(NC3CCCCC3)n2)cc1. The molecule has 1 heterocycles. The largest absolute Gasteiger partial charge is 0.351 e. The van der Waals surface area contributed by atoms with Crippen LogP contribution >= 0.6 is 0 Å². The summed E-state index contributed by atoms with van der Waals surface area (Å²) in [5.74, 6) is 1.50. The molecule has 27 heavy (non-hydrogen) atoms. The number of hydrogen-bond acceptors (Lipinski definition) is 5. The van der Waals surface area contributed by atoms with Crippen LogP contribution in [0.5, 0.6) is 0 Å². The first-order chi connectivity index (χ1) is 13.1. The van der Waals surface area contributed by atoms with E-state index < -0.39 is 0 Å². The molecule has 3 rings (SSSR count). The lowest BCUT2D eigenvalue weighted by molar-refractivity contribution is -0.116. The van der Waals surface area contributed by atoms with Gasteiger partial charge in [-0.25, -0.2) is 4.98 Å². The second kappa shape index (κ2) is 9.35. The van der Waals surface area contributed by atoms with Crippen molar-refractivity contribution in [3.8, 4) is 0 Å². The monoisotopic (exact) mass is 367 g/mol. The fraction of sp³-hybridized carbons (Fsp3) is 0.476. The minimum absolute atomic E-state index is 0.0445. The molecule has 1 aliphatic carbocycles. The van der Waals surface area contributed by atoms with Gasteiger partial charge >= 0.3 is 0 Å². The van der Waals surface area contributed by atoms with Gasteiger partial charge in [0.25, 0.3) is 0 Å². The van der Waals surface area contributed by atoms with Crippen LogP contribution in [0.2, 0.25) is 0 Å². The van der Waals surface area contributed by atoms with Gasteiger partial charge in [-0.1, -0.05) is 26.2 Å². The van der Waals surface area contributed by atoms with Crippen molar-refractivity contribution in [3.63, 3.8) is 0 Å². The molecule has 1 fully saturated rings. The van der Waals surface area contributed by atoms with E-state index in [0.29, 0.717) is 18.4 Å². The van der Waals surface area contributed by atoms with Gasteiger partial charge < -0.3 is 16.0 Å². The van der Waals surface area contributed by atoms with Crippen molar-refractivity contribution < 1.29 is 4.79 Å². The molecule has 1 amide bonds. The van der Waals surface area contributed by atoms with Crippen molar-refractivity contribution in [1.82, 2.24) is 9.97 Å². The van der Waals surface area contributed by atoms with Crippen LogP contribution in [0.1, 0.15) is 57.6 Å². The summed E-state index contributed by atoms with van der Waals surface area (Å²) in [6.45, 7) is 3.97. The molecular weight excluding hydrogens is 338 g/mol. The summed E-state index contributed by atoms with van der Waals surface area (Å²) in [6, 6.07) is 10.1. The summed E-state index contributed by atoms with van der Waals surface area (Å²) < 4.78 is 0. The Morgan fingerprint density at radius 1 is 1.07 bits per heavy atom. The Kier molecular flexibility index (Phi) is 6.63. The summed E-state index contributed by atoms with van der Waals surface area (Å²) >= 11 is 0. The van der Waals surface area contributed by atoms with Gasteiger partial charge in [-0.15, -0.1) is 0 Å². The van der Waals surface area contributed by atoms with Crippen molar-refractivity contribution >= 4 is 29.0 Å². The molecule has 0 bridgehead atoms. The van der Waals surface area contributed by atoms with Gasteiger partial charge in [-0.3, -0.25) is 4.79 Å². The molecule has 6 nitrogen and oxygen atoms in total. The van der Waals surface area contributed by atoms with E-state index in [1.807, 2.05) is 44.2 Å². The van der Waals surface area contributed by atoms with Gasteiger partial charge in [0.15, 0.2) is 0 Å². The van der Waals surface area contributed by atoms with Crippen molar-refractivity contribution in [1.29, 1.82) is 0 Å².